The molecule has 0 aliphatic rings. The van der Waals surface area contributed by atoms with Crippen molar-refractivity contribution in [1.29, 1.82) is 0 Å². The van der Waals surface area contributed by atoms with Crippen LogP contribution in [0.1, 0.15) is 21.5 Å². The van der Waals surface area contributed by atoms with Crippen molar-refractivity contribution in [2.24, 2.45) is 0 Å². The maximum absolute atomic E-state index is 12.4. The Morgan fingerprint density at radius 3 is 2.48 bits per heavy atom. The minimum absolute atomic E-state index is 0.0832. The zero-order valence-electron chi connectivity index (χ0n) is 14.1. The molecule has 0 atom stereocenters. The molecule has 0 bridgehead atoms. The van der Waals surface area contributed by atoms with Gasteiger partial charge in [-0.25, -0.2) is 0 Å². The summed E-state index contributed by atoms with van der Waals surface area (Å²) in [6.45, 7) is 0.497. The molecule has 0 unspecified atom stereocenters. The Hall–Kier alpha value is -3.29. The van der Waals surface area contributed by atoms with Gasteiger partial charge in [-0.2, -0.15) is 5.10 Å². The maximum atomic E-state index is 12.4. The number of hydrogen-bond donors (Lipinski definition) is 1. The lowest BCUT2D eigenvalue weighted by molar-refractivity contribution is -0.274. The van der Waals surface area contributed by atoms with E-state index < -0.39 is 6.36 Å². The van der Waals surface area contributed by atoms with Crippen LogP contribution in [0.3, 0.4) is 0 Å². The molecule has 2 aromatic carbocycles. The second kappa shape index (κ2) is 7.94. The van der Waals surface area contributed by atoms with Crippen LogP contribution in [0.5, 0.6) is 5.75 Å². The van der Waals surface area contributed by atoms with Crippen LogP contribution in [0.2, 0.25) is 0 Å². The fourth-order valence-electron chi connectivity index (χ4n) is 2.49. The summed E-state index contributed by atoms with van der Waals surface area (Å²) in [5, 5.41) is 6.71. The number of aromatic nitrogens is 2. The minimum Gasteiger partial charge on any atom is -0.405 e. The lowest BCUT2D eigenvalue weighted by atomic mass is 10.1. The molecule has 5 nitrogen and oxygen atoms in total. The van der Waals surface area contributed by atoms with E-state index in [-0.39, 0.29) is 23.8 Å². The molecule has 0 saturated carbocycles. The fourth-order valence-corrected chi connectivity index (χ4v) is 2.49. The summed E-state index contributed by atoms with van der Waals surface area (Å²) >= 11 is 0. The molecule has 1 amide bonds. The summed E-state index contributed by atoms with van der Waals surface area (Å²) in [5.74, 6) is -0.720. The summed E-state index contributed by atoms with van der Waals surface area (Å²) in [6, 6.07) is 14.4. The minimum atomic E-state index is -4.79. The van der Waals surface area contributed by atoms with E-state index in [1.165, 1.54) is 18.2 Å². The molecule has 0 aliphatic heterocycles. The van der Waals surface area contributed by atoms with Gasteiger partial charge in [0.25, 0.3) is 5.91 Å². The Bertz CT molecular complexity index is 891. The SMILES string of the molecule is O=C(NCc1ccccc1OC(F)(F)F)c1ccc(Cn2cccn2)cc1. The number of hydrogen-bond acceptors (Lipinski definition) is 3. The summed E-state index contributed by atoms with van der Waals surface area (Å²) < 4.78 is 43.1. The van der Waals surface area contributed by atoms with Gasteiger partial charge in [0.1, 0.15) is 5.75 Å². The fraction of sp³-hybridized carbons (Fsp3) is 0.158. The Kier molecular flexibility index (Phi) is 5.44. The number of ether oxygens (including phenoxy) is 1. The second-order valence-electron chi connectivity index (χ2n) is 5.74. The first-order valence-electron chi connectivity index (χ1n) is 8.09. The van der Waals surface area contributed by atoms with Gasteiger partial charge < -0.3 is 10.1 Å². The van der Waals surface area contributed by atoms with Crippen LogP contribution in [0, 0.1) is 0 Å². The molecule has 140 valence electrons. The van der Waals surface area contributed by atoms with Gasteiger partial charge in [-0.1, -0.05) is 30.3 Å². The number of rotatable bonds is 6. The van der Waals surface area contributed by atoms with E-state index in [0.717, 1.165) is 5.56 Å². The maximum Gasteiger partial charge on any atom is 0.573 e. The van der Waals surface area contributed by atoms with E-state index in [1.807, 2.05) is 12.3 Å². The van der Waals surface area contributed by atoms with Crippen molar-refractivity contribution in [1.82, 2.24) is 15.1 Å². The van der Waals surface area contributed by atoms with Crippen molar-refractivity contribution >= 4 is 5.91 Å². The highest BCUT2D eigenvalue weighted by atomic mass is 19.4. The third-order valence-corrected chi connectivity index (χ3v) is 3.76. The van der Waals surface area contributed by atoms with Crippen molar-refractivity contribution in [2.75, 3.05) is 0 Å². The lowest BCUT2D eigenvalue weighted by Gasteiger charge is -2.13. The molecule has 27 heavy (non-hydrogen) atoms. The molecule has 1 aromatic heterocycles. The Balaban J connectivity index is 1.61. The normalized spacial score (nSPS) is 11.2. The van der Waals surface area contributed by atoms with Crippen molar-refractivity contribution in [3.8, 4) is 5.75 Å². The molecule has 1 N–H and O–H groups in total. The number of para-hydroxylation sites is 1. The average molecular weight is 375 g/mol. The smallest absolute Gasteiger partial charge is 0.405 e. The van der Waals surface area contributed by atoms with E-state index in [1.54, 1.807) is 41.2 Å². The number of carbonyl (C=O) groups is 1. The summed E-state index contributed by atoms with van der Waals surface area (Å²) in [5.41, 5.74) is 1.62. The highest BCUT2D eigenvalue weighted by Crippen LogP contribution is 2.26. The van der Waals surface area contributed by atoms with Gasteiger partial charge in [0.05, 0.1) is 6.54 Å². The summed E-state index contributed by atoms with van der Waals surface area (Å²) in [4.78, 5) is 12.3. The number of alkyl halides is 3. The van der Waals surface area contributed by atoms with Crippen molar-refractivity contribution in [3.63, 3.8) is 0 Å². The highest BCUT2D eigenvalue weighted by Gasteiger charge is 2.31. The van der Waals surface area contributed by atoms with Crippen LogP contribution in [0.25, 0.3) is 0 Å². The van der Waals surface area contributed by atoms with Gasteiger partial charge >= 0.3 is 6.36 Å². The van der Waals surface area contributed by atoms with E-state index in [4.69, 9.17) is 0 Å². The van der Waals surface area contributed by atoms with Gasteiger partial charge in [-0.3, -0.25) is 9.48 Å². The predicted octanol–water partition coefficient (Wildman–Crippen LogP) is 3.76. The van der Waals surface area contributed by atoms with Gasteiger partial charge in [0.2, 0.25) is 0 Å². The van der Waals surface area contributed by atoms with Crippen LogP contribution in [-0.4, -0.2) is 22.1 Å². The Morgan fingerprint density at radius 2 is 1.81 bits per heavy atom. The van der Waals surface area contributed by atoms with Gasteiger partial charge in [0, 0.05) is 30.1 Å². The van der Waals surface area contributed by atoms with Crippen molar-refractivity contribution in [2.45, 2.75) is 19.5 Å². The number of amides is 1. The highest BCUT2D eigenvalue weighted by molar-refractivity contribution is 5.94. The number of benzene rings is 2. The molecule has 8 heteroatoms. The molecule has 0 fully saturated rings. The van der Waals surface area contributed by atoms with E-state index in [0.29, 0.717) is 12.1 Å². The van der Waals surface area contributed by atoms with Crippen molar-refractivity contribution in [3.05, 3.63) is 83.7 Å². The van der Waals surface area contributed by atoms with Crippen LogP contribution in [0.15, 0.2) is 67.0 Å². The first-order chi connectivity index (χ1) is 12.9. The van der Waals surface area contributed by atoms with Crippen LogP contribution in [-0.2, 0) is 13.1 Å². The van der Waals surface area contributed by atoms with Crippen LogP contribution >= 0.6 is 0 Å². The molecule has 3 rings (SSSR count). The molecule has 3 aromatic rings. The average Bonchev–Trinajstić information content (AvgIpc) is 3.13. The summed E-state index contributed by atoms with van der Waals surface area (Å²) in [6.07, 6.45) is -1.27. The Labute approximate surface area is 153 Å². The topological polar surface area (TPSA) is 56.1 Å². The van der Waals surface area contributed by atoms with Crippen LogP contribution in [0.4, 0.5) is 13.2 Å². The molecular weight excluding hydrogens is 359 g/mol. The molecule has 0 saturated heterocycles. The molecular formula is C19H16F3N3O2. The zero-order chi connectivity index (χ0) is 19.3. The van der Waals surface area contributed by atoms with E-state index in [2.05, 4.69) is 15.2 Å². The third kappa shape index (κ3) is 5.34. The zero-order valence-corrected chi connectivity index (χ0v) is 14.1. The molecule has 0 radical (unpaired) electrons. The summed E-state index contributed by atoms with van der Waals surface area (Å²) in [7, 11) is 0. The number of nitrogens with one attached hydrogen (secondary N) is 1. The number of nitrogens with zero attached hydrogens (tertiary/aromatic N) is 2. The number of halogens is 3. The monoisotopic (exact) mass is 375 g/mol. The first-order valence-corrected chi connectivity index (χ1v) is 8.09. The third-order valence-electron chi connectivity index (χ3n) is 3.76. The Morgan fingerprint density at radius 1 is 1.07 bits per heavy atom. The molecule has 1 heterocycles. The van der Waals surface area contributed by atoms with Gasteiger partial charge in [0.15, 0.2) is 0 Å². The lowest BCUT2D eigenvalue weighted by Crippen LogP contribution is -2.24. The molecule has 0 aliphatic carbocycles. The first kappa shape index (κ1) is 18.5. The largest absolute Gasteiger partial charge is 0.573 e. The van der Waals surface area contributed by atoms with Gasteiger partial charge in [-0.05, 0) is 29.8 Å². The molecule has 0 spiro atoms. The van der Waals surface area contributed by atoms with Gasteiger partial charge in [-0.15, -0.1) is 13.2 Å². The van der Waals surface area contributed by atoms with E-state index in [9.17, 15) is 18.0 Å². The standard InChI is InChI=1S/C19H16F3N3O2/c20-19(21,22)27-17-5-2-1-4-16(17)12-23-18(26)15-8-6-14(7-9-15)13-25-11-3-10-24-25/h1-11H,12-13H2,(H,23,26). The number of carbonyl (C=O) groups excluding carboxylic acids is 1. The second-order valence-corrected chi connectivity index (χ2v) is 5.74. The van der Waals surface area contributed by atoms with Crippen molar-refractivity contribution < 1.29 is 22.7 Å². The predicted molar refractivity (Wildman–Crippen MR) is 92.1 cm³/mol. The van der Waals surface area contributed by atoms with Crippen LogP contribution < -0.4 is 10.1 Å². The quantitative estimate of drug-likeness (QED) is 0.714. The van der Waals surface area contributed by atoms with E-state index >= 15 is 0 Å².